The molecule has 3 aliphatic heterocycles. The highest BCUT2D eigenvalue weighted by Crippen LogP contribution is 2.35. The Labute approximate surface area is 165 Å². The summed E-state index contributed by atoms with van der Waals surface area (Å²) < 4.78 is 11.2. The molecule has 0 unspecified atom stereocenters. The van der Waals surface area contributed by atoms with Crippen molar-refractivity contribution in [3.63, 3.8) is 0 Å². The predicted octanol–water partition coefficient (Wildman–Crippen LogP) is -0.118. The number of ether oxygens (including phenoxy) is 2. The minimum Gasteiger partial charge on any atom is -0.486 e. The standard InChI is InChI=1S/C20H28N4O4/c1-22-7-5-15(6-8-22)23(2)20(26)21-14-11-19(25)24(13-14)16-3-4-17-18(12-16)28-10-9-27-17/h3-4,12,14-15H,5-11,13H2,1-2H3,(H,21,26)/p+1/t14-/m1/s1. The van der Waals surface area contributed by atoms with Crippen molar-refractivity contribution in [3.8, 4) is 11.5 Å². The van der Waals surface area contributed by atoms with Gasteiger partial charge in [-0.1, -0.05) is 0 Å². The molecular formula is C20H29N4O4+. The number of likely N-dealkylation sites (tertiary alicyclic amines) is 1. The monoisotopic (exact) mass is 389 g/mol. The number of carbonyl (C=O) groups is 2. The lowest BCUT2D eigenvalue weighted by Gasteiger charge is -2.33. The minimum absolute atomic E-state index is 0.00696. The zero-order valence-electron chi connectivity index (χ0n) is 16.6. The third-order valence-corrected chi connectivity index (χ3v) is 5.97. The smallest absolute Gasteiger partial charge is 0.317 e. The van der Waals surface area contributed by atoms with E-state index >= 15 is 0 Å². The Kier molecular flexibility index (Phi) is 5.30. The van der Waals surface area contributed by atoms with E-state index in [0.29, 0.717) is 37.7 Å². The molecule has 8 nitrogen and oxygen atoms in total. The lowest BCUT2D eigenvalue weighted by Crippen LogP contribution is -3.10. The van der Waals surface area contributed by atoms with Crippen LogP contribution in [0.5, 0.6) is 11.5 Å². The van der Waals surface area contributed by atoms with E-state index in [0.717, 1.165) is 31.6 Å². The van der Waals surface area contributed by atoms with Gasteiger partial charge in [0.15, 0.2) is 11.5 Å². The number of hydrogen-bond donors (Lipinski definition) is 2. The highest BCUT2D eigenvalue weighted by molar-refractivity contribution is 5.97. The zero-order valence-corrected chi connectivity index (χ0v) is 16.6. The van der Waals surface area contributed by atoms with Gasteiger partial charge in [0.25, 0.3) is 0 Å². The average Bonchev–Trinajstić information content (AvgIpc) is 3.07. The second-order valence-electron chi connectivity index (χ2n) is 7.98. The van der Waals surface area contributed by atoms with Gasteiger partial charge in [-0.3, -0.25) is 4.79 Å². The van der Waals surface area contributed by atoms with Crippen molar-refractivity contribution in [1.29, 1.82) is 0 Å². The first-order chi connectivity index (χ1) is 13.5. The van der Waals surface area contributed by atoms with E-state index in [-0.39, 0.29) is 24.0 Å². The van der Waals surface area contributed by atoms with Gasteiger partial charge in [0.2, 0.25) is 5.91 Å². The molecule has 1 aromatic rings. The molecule has 1 atom stereocenters. The highest BCUT2D eigenvalue weighted by atomic mass is 16.6. The predicted molar refractivity (Wildman–Crippen MR) is 104 cm³/mol. The molecule has 3 heterocycles. The number of urea groups is 1. The van der Waals surface area contributed by atoms with Crippen LogP contribution in [0.1, 0.15) is 19.3 Å². The second kappa shape index (κ2) is 7.87. The van der Waals surface area contributed by atoms with E-state index in [1.54, 1.807) is 4.90 Å². The molecule has 8 heteroatoms. The molecular weight excluding hydrogens is 360 g/mol. The van der Waals surface area contributed by atoms with Crippen LogP contribution < -0.4 is 24.6 Å². The summed E-state index contributed by atoms with van der Waals surface area (Å²) in [6.07, 6.45) is 2.34. The van der Waals surface area contributed by atoms with Gasteiger partial charge < -0.3 is 29.5 Å². The lowest BCUT2D eigenvalue weighted by atomic mass is 10.0. The lowest BCUT2D eigenvalue weighted by molar-refractivity contribution is -0.885. The molecule has 0 radical (unpaired) electrons. The van der Waals surface area contributed by atoms with E-state index < -0.39 is 0 Å². The van der Waals surface area contributed by atoms with Crippen LogP contribution in [-0.4, -0.2) is 75.9 Å². The molecule has 2 saturated heterocycles. The third-order valence-electron chi connectivity index (χ3n) is 5.97. The molecule has 0 saturated carbocycles. The third kappa shape index (κ3) is 3.87. The summed E-state index contributed by atoms with van der Waals surface area (Å²) in [6, 6.07) is 5.53. The molecule has 28 heavy (non-hydrogen) atoms. The van der Waals surface area contributed by atoms with E-state index in [1.165, 1.54) is 4.90 Å². The average molecular weight is 389 g/mol. The number of amides is 3. The van der Waals surface area contributed by atoms with Crippen LogP contribution in [-0.2, 0) is 4.79 Å². The molecule has 2 N–H and O–H groups in total. The van der Waals surface area contributed by atoms with E-state index in [9.17, 15) is 9.59 Å². The molecule has 4 rings (SSSR count). The molecule has 0 spiro atoms. The number of quaternary nitrogens is 1. The Morgan fingerprint density at radius 1 is 1.21 bits per heavy atom. The number of fused-ring (bicyclic) bond motifs is 1. The zero-order chi connectivity index (χ0) is 19.7. The van der Waals surface area contributed by atoms with Gasteiger partial charge in [0.1, 0.15) is 13.2 Å². The van der Waals surface area contributed by atoms with Gasteiger partial charge in [-0.15, -0.1) is 0 Å². The van der Waals surface area contributed by atoms with Crippen LogP contribution in [0.15, 0.2) is 18.2 Å². The normalized spacial score (nSPS) is 26.9. The van der Waals surface area contributed by atoms with Crippen molar-refractivity contribution in [2.45, 2.75) is 31.3 Å². The summed E-state index contributed by atoms with van der Waals surface area (Å²) in [5.41, 5.74) is 0.776. The number of benzene rings is 1. The van der Waals surface area contributed by atoms with Crippen LogP contribution in [0.3, 0.4) is 0 Å². The Balaban J connectivity index is 1.36. The Hall–Kier alpha value is -2.48. The number of rotatable bonds is 3. The van der Waals surface area contributed by atoms with E-state index in [1.807, 2.05) is 30.1 Å². The van der Waals surface area contributed by atoms with Gasteiger partial charge in [-0.2, -0.15) is 0 Å². The van der Waals surface area contributed by atoms with Crippen LogP contribution in [0, 0.1) is 0 Å². The molecule has 0 aromatic heterocycles. The van der Waals surface area contributed by atoms with E-state index in [2.05, 4.69) is 12.4 Å². The Morgan fingerprint density at radius 2 is 1.93 bits per heavy atom. The van der Waals surface area contributed by atoms with Gasteiger partial charge in [-0.05, 0) is 12.1 Å². The fourth-order valence-electron chi connectivity index (χ4n) is 4.18. The summed E-state index contributed by atoms with van der Waals surface area (Å²) >= 11 is 0. The fraction of sp³-hybridized carbons (Fsp3) is 0.600. The molecule has 0 bridgehead atoms. The molecule has 152 valence electrons. The SMILES string of the molecule is CN(C(=O)N[C@@H]1CC(=O)N(c2ccc3c(c2)OCCO3)C1)C1CC[NH+](C)CC1. The Bertz CT molecular complexity index is 748. The molecule has 1 aromatic carbocycles. The number of nitrogens with one attached hydrogen (secondary N) is 2. The largest absolute Gasteiger partial charge is 0.486 e. The van der Waals surface area contributed by atoms with Gasteiger partial charge in [0.05, 0.1) is 26.2 Å². The summed E-state index contributed by atoms with van der Waals surface area (Å²) in [5.74, 6) is 1.37. The first-order valence-corrected chi connectivity index (χ1v) is 10.1. The number of anilines is 1. The summed E-state index contributed by atoms with van der Waals surface area (Å²) in [5, 5.41) is 3.04. The fourth-order valence-corrected chi connectivity index (χ4v) is 4.18. The van der Waals surface area contributed by atoms with E-state index in [4.69, 9.17) is 9.47 Å². The van der Waals surface area contributed by atoms with Gasteiger partial charge in [-0.25, -0.2) is 4.79 Å². The van der Waals surface area contributed by atoms with Crippen molar-refractivity contribution in [2.24, 2.45) is 0 Å². The molecule has 3 aliphatic rings. The van der Waals surface area contributed by atoms with Crippen LogP contribution in [0.25, 0.3) is 0 Å². The van der Waals surface area contributed by atoms with Crippen LogP contribution in [0.2, 0.25) is 0 Å². The van der Waals surface area contributed by atoms with Crippen molar-refractivity contribution < 1.29 is 24.0 Å². The maximum atomic E-state index is 12.7. The Morgan fingerprint density at radius 3 is 2.68 bits per heavy atom. The minimum atomic E-state index is -0.187. The maximum Gasteiger partial charge on any atom is 0.317 e. The highest BCUT2D eigenvalue weighted by Gasteiger charge is 2.34. The summed E-state index contributed by atoms with van der Waals surface area (Å²) in [7, 11) is 4.04. The van der Waals surface area contributed by atoms with Crippen molar-refractivity contribution in [2.75, 3.05) is 51.8 Å². The van der Waals surface area contributed by atoms with Crippen molar-refractivity contribution >= 4 is 17.6 Å². The number of piperidine rings is 1. The van der Waals surface area contributed by atoms with Crippen LogP contribution >= 0.6 is 0 Å². The number of carbonyl (C=O) groups excluding carboxylic acids is 2. The first kappa shape index (κ1) is 18.9. The maximum absolute atomic E-state index is 12.7. The second-order valence-corrected chi connectivity index (χ2v) is 7.98. The van der Waals surface area contributed by atoms with Gasteiger partial charge in [0, 0.05) is 50.7 Å². The van der Waals surface area contributed by atoms with Crippen molar-refractivity contribution in [1.82, 2.24) is 10.2 Å². The molecule has 2 fully saturated rings. The summed E-state index contributed by atoms with van der Waals surface area (Å²) in [6.45, 7) is 3.68. The summed E-state index contributed by atoms with van der Waals surface area (Å²) in [4.78, 5) is 30.2. The number of hydrogen-bond acceptors (Lipinski definition) is 4. The molecule has 3 amide bonds. The molecule has 0 aliphatic carbocycles. The first-order valence-electron chi connectivity index (χ1n) is 10.1. The topological polar surface area (TPSA) is 75.6 Å². The van der Waals surface area contributed by atoms with Gasteiger partial charge >= 0.3 is 6.03 Å². The van der Waals surface area contributed by atoms with Crippen LogP contribution in [0.4, 0.5) is 10.5 Å². The number of nitrogens with zero attached hydrogens (tertiary/aromatic N) is 2. The van der Waals surface area contributed by atoms with Crippen molar-refractivity contribution in [3.05, 3.63) is 18.2 Å². The quantitative estimate of drug-likeness (QED) is 0.756.